The first-order chi connectivity index (χ1) is 14.8. The summed E-state index contributed by atoms with van der Waals surface area (Å²) in [6.45, 7) is 7.76. The van der Waals surface area contributed by atoms with Gasteiger partial charge in [-0.2, -0.15) is 0 Å². The topological polar surface area (TPSA) is 54.0 Å². The molecular formula is C24H22Cl2N4O. The van der Waals surface area contributed by atoms with Crippen molar-refractivity contribution in [2.45, 2.75) is 26.2 Å². The van der Waals surface area contributed by atoms with Crippen molar-refractivity contribution in [3.63, 3.8) is 0 Å². The maximum atomic E-state index is 6.44. The Labute approximate surface area is 191 Å². The number of benzene rings is 2. The van der Waals surface area contributed by atoms with E-state index in [1.807, 2.05) is 18.2 Å². The molecule has 0 saturated heterocycles. The normalized spacial score (nSPS) is 13.9. The van der Waals surface area contributed by atoms with Crippen LogP contribution in [0.2, 0.25) is 10.0 Å². The smallest absolute Gasteiger partial charge is 0.154 e. The Bertz CT molecular complexity index is 1290. The van der Waals surface area contributed by atoms with Gasteiger partial charge in [0.05, 0.1) is 38.9 Å². The molecule has 0 amide bonds. The second kappa shape index (κ2) is 7.43. The molecule has 1 aliphatic heterocycles. The lowest BCUT2D eigenvalue weighted by atomic mass is 9.87. The average Bonchev–Trinajstić information content (AvgIpc) is 3.16. The molecule has 31 heavy (non-hydrogen) atoms. The Morgan fingerprint density at radius 1 is 1.10 bits per heavy atom. The molecule has 158 valence electrons. The number of nitrogens with one attached hydrogen (secondary N) is 1. The fourth-order valence-electron chi connectivity index (χ4n) is 3.86. The van der Waals surface area contributed by atoms with Gasteiger partial charge in [-0.3, -0.25) is 0 Å². The summed E-state index contributed by atoms with van der Waals surface area (Å²) in [7, 11) is 0. The van der Waals surface area contributed by atoms with E-state index in [1.165, 1.54) is 5.56 Å². The average molecular weight is 453 g/mol. The van der Waals surface area contributed by atoms with Crippen LogP contribution in [0.15, 0.2) is 48.7 Å². The third-order valence-electron chi connectivity index (χ3n) is 5.49. The van der Waals surface area contributed by atoms with E-state index < -0.39 is 0 Å². The van der Waals surface area contributed by atoms with E-state index in [4.69, 9.17) is 32.9 Å². The largest absolute Gasteiger partial charge is 0.489 e. The molecule has 1 aliphatic rings. The Hall–Kier alpha value is -2.76. The number of H-pyrrole nitrogens is 1. The zero-order valence-corrected chi connectivity index (χ0v) is 19.1. The van der Waals surface area contributed by atoms with Gasteiger partial charge in [0.2, 0.25) is 0 Å². The summed E-state index contributed by atoms with van der Waals surface area (Å²) in [5, 5.41) is 1.01. The molecule has 0 aliphatic carbocycles. The first kappa shape index (κ1) is 20.2. The molecule has 5 rings (SSSR count). The summed E-state index contributed by atoms with van der Waals surface area (Å²) in [4.78, 5) is 14.8. The number of para-hydroxylation sites is 1. The van der Waals surface area contributed by atoms with Crippen molar-refractivity contribution in [1.29, 1.82) is 0 Å². The quantitative estimate of drug-likeness (QED) is 0.364. The Morgan fingerprint density at radius 3 is 2.71 bits per heavy atom. The van der Waals surface area contributed by atoms with Gasteiger partial charge in [0.25, 0.3) is 0 Å². The van der Waals surface area contributed by atoms with Crippen molar-refractivity contribution in [2.75, 3.05) is 18.1 Å². The number of hydrogen-bond acceptors (Lipinski definition) is 4. The van der Waals surface area contributed by atoms with Crippen LogP contribution < -0.4 is 9.64 Å². The van der Waals surface area contributed by atoms with Crippen LogP contribution in [-0.4, -0.2) is 28.1 Å². The number of ether oxygens (including phenoxy) is 1. The van der Waals surface area contributed by atoms with Crippen LogP contribution in [0.25, 0.3) is 22.4 Å². The van der Waals surface area contributed by atoms with Gasteiger partial charge in [-0.15, -0.1) is 0 Å². The van der Waals surface area contributed by atoms with Gasteiger partial charge >= 0.3 is 0 Å². The van der Waals surface area contributed by atoms with Crippen molar-refractivity contribution in [3.05, 3.63) is 64.3 Å². The molecule has 1 N–H and O–H groups in total. The van der Waals surface area contributed by atoms with Crippen LogP contribution in [0, 0.1) is 0 Å². The highest BCUT2D eigenvalue weighted by Crippen LogP contribution is 2.44. The maximum absolute atomic E-state index is 6.44. The van der Waals surface area contributed by atoms with Gasteiger partial charge in [0.1, 0.15) is 12.4 Å². The summed E-state index contributed by atoms with van der Waals surface area (Å²) in [6.07, 6.45) is 1.60. The van der Waals surface area contributed by atoms with E-state index in [-0.39, 0.29) is 5.41 Å². The van der Waals surface area contributed by atoms with Gasteiger partial charge in [-0.1, -0.05) is 56.1 Å². The molecule has 0 unspecified atom stereocenters. The lowest BCUT2D eigenvalue weighted by Gasteiger charge is -2.31. The number of nitrogens with zero attached hydrogens (tertiary/aromatic N) is 3. The van der Waals surface area contributed by atoms with Gasteiger partial charge in [-0.25, -0.2) is 9.97 Å². The number of imidazole rings is 1. The summed E-state index contributed by atoms with van der Waals surface area (Å²) in [5.74, 6) is 2.19. The second-order valence-corrected chi connectivity index (χ2v) is 9.52. The summed E-state index contributed by atoms with van der Waals surface area (Å²) in [5.41, 5.74) is 5.05. The van der Waals surface area contributed by atoms with Gasteiger partial charge in [0.15, 0.2) is 11.6 Å². The first-order valence-electron chi connectivity index (χ1n) is 10.2. The number of aromatic nitrogens is 3. The Balaban J connectivity index is 1.61. The lowest BCUT2D eigenvalue weighted by Crippen LogP contribution is -2.29. The van der Waals surface area contributed by atoms with Crippen molar-refractivity contribution in [2.24, 2.45) is 0 Å². The van der Waals surface area contributed by atoms with Gasteiger partial charge < -0.3 is 14.6 Å². The monoisotopic (exact) mass is 452 g/mol. The number of rotatable bonds is 2. The molecule has 3 heterocycles. The van der Waals surface area contributed by atoms with Crippen molar-refractivity contribution in [3.8, 4) is 17.1 Å². The second-order valence-electron chi connectivity index (χ2n) is 8.68. The summed E-state index contributed by atoms with van der Waals surface area (Å²) >= 11 is 12.5. The number of hydrogen-bond donors (Lipinski definition) is 1. The minimum Gasteiger partial charge on any atom is -0.489 e. The molecule has 0 fully saturated rings. The van der Waals surface area contributed by atoms with Crippen LogP contribution >= 0.6 is 23.2 Å². The number of anilines is 2. The van der Waals surface area contributed by atoms with E-state index >= 15 is 0 Å². The van der Waals surface area contributed by atoms with Crippen molar-refractivity contribution >= 4 is 45.7 Å². The highest BCUT2D eigenvalue weighted by Gasteiger charge is 2.26. The Kier molecular flexibility index (Phi) is 4.83. The molecule has 7 heteroatoms. The SMILES string of the molecule is CC(C)(C)c1ccc2[nH]c(-c3cccc4c3OCCN4c3ncc(Cl)cc3Cl)nc2c1. The van der Waals surface area contributed by atoms with Crippen LogP contribution in [0.4, 0.5) is 11.5 Å². The minimum atomic E-state index is 0.0632. The molecule has 2 aromatic heterocycles. The highest BCUT2D eigenvalue weighted by atomic mass is 35.5. The maximum Gasteiger partial charge on any atom is 0.154 e. The van der Waals surface area contributed by atoms with Crippen LogP contribution in [-0.2, 0) is 5.41 Å². The van der Waals surface area contributed by atoms with Crippen molar-refractivity contribution < 1.29 is 4.74 Å². The van der Waals surface area contributed by atoms with E-state index in [0.29, 0.717) is 29.0 Å². The van der Waals surface area contributed by atoms with Gasteiger partial charge in [-0.05, 0) is 41.3 Å². The van der Waals surface area contributed by atoms with Gasteiger partial charge in [0, 0.05) is 6.20 Å². The minimum absolute atomic E-state index is 0.0632. The van der Waals surface area contributed by atoms with E-state index in [2.05, 4.69) is 53.8 Å². The zero-order valence-electron chi connectivity index (χ0n) is 17.5. The molecule has 4 aromatic rings. The standard InChI is InChI=1S/C24H22Cl2N4O/c1-24(2,3)14-7-8-18-19(11-14)29-22(28-18)16-5-4-6-20-21(16)31-10-9-30(20)23-17(26)12-15(25)13-27-23/h4-8,11-13H,9-10H2,1-3H3,(H,28,29). The highest BCUT2D eigenvalue weighted by molar-refractivity contribution is 6.36. The number of halogens is 2. The fourth-order valence-corrected chi connectivity index (χ4v) is 4.34. The molecule has 0 radical (unpaired) electrons. The predicted molar refractivity (Wildman–Crippen MR) is 127 cm³/mol. The molecular weight excluding hydrogens is 431 g/mol. The molecule has 0 saturated carbocycles. The summed E-state index contributed by atoms with van der Waals surface area (Å²) < 4.78 is 6.10. The molecule has 5 nitrogen and oxygen atoms in total. The van der Waals surface area contributed by atoms with Crippen LogP contribution in [0.5, 0.6) is 5.75 Å². The molecule has 0 atom stereocenters. The van der Waals surface area contributed by atoms with Crippen molar-refractivity contribution in [1.82, 2.24) is 15.0 Å². The third kappa shape index (κ3) is 3.62. The first-order valence-corrected chi connectivity index (χ1v) is 10.9. The van der Waals surface area contributed by atoms with E-state index in [0.717, 1.165) is 33.9 Å². The molecule has 2 aromatic carbocycles. The van der Waals surface area contributed by atoms with Crippen LogP contribution in [0.1, 0.15) is 26.3 Å². The molecule has 0 bridgehead atoms. The lowest BCUT2D eigenvalue weighted by molar-refractivity contribution is 0.315. The molecule has 0 spiro atoms. The number of fused-ring (bicyclic) bond motifs is 2. The fraction of sp³-hybridized carbons (Fsp3) is 0.250. The Morgan fingerprint density at radius 2 is 1.94 bits per heavy atom. The van der Waals surface area contributed by atoms with Crippen LogP contribution in [0.3, 0.4) is 0 Å². The number of pyridine rings is 1. The van der Waals surface area contributed by atoms with E-state index in [9.17, 15) is 0 Å². The summed E-state index contributed by atoms with van der Waals surface area (Å²) in [6, 6.07) is 14.1. The van der Waals surface area contributed by atoms with E-state index in [1.54, 1.807) is 12.3 Å². The number of aromatic amines is 1. The predicted octanol–water partition coefficient (Wildman–Crippen LogP) is 6.76. The third-order valence-corrected chi connectivity index (χ3v) is 5.98. The zero-order chi connectivity index (χ0) is 21.8.